The van der Waals surface area contributed by atoms with Crippen LogP contribution in [0.15, 0.2) is 0 Å². The predicted molar refractivity (Wildman–Crippen MR) is 48.5 cm³/mol. The van der Waals surface area contributed by atoms with Crippen LogP contribution in [-0.4, -0.2) is 35.5 Å². The summed E-state index contributed by atoms with van der Waals surface area (Å²) in [6.07, 6.45) is 5.71. The molecule has 0 radical (unpaired) electrons. The minimum Gasteiger partial charge on any atom is -0.386 e. The van der Waals surface area contributed by atoms with Crippen LogP contribution < -0.4 is 5.32 Å². The molecule has 0 amide bonds. The van der Waals surface area contributed by atoms with E-state index >= 15 is 0 Å². The van der Waals surface area contributed by atoms with E-state index in [1.807, 2.05) is 0 Å². The van der Waals surface area contributed by atoms with Gasteiger partial charge in [-0.15, -0.1) is 0 Å². The van der Waals surface area contributed by atoms with Gasteiger partial charge in [-0.25, -0.2) is 0 Å². The van der Waals surface area contributed by atoms with Crippen molar-refractivity contribution in [3.8, 4) is 0 Å². The molecule has 3 rings (SSSR count). The molecule has 13 heavy (non-hydrogen) atoms. The highest BCUT2D eigenvalue weighted by Crippen LogP contribution is 2.50. The first-order valence-corrected chi connectivity index (χ1v) is 5.30. The van der Waals surface area contributed by atoms with Crippen LogP contribution in [0, 0.1) is 0 Å². The van der Waals surface area contributed by atoms with Gasteiger partial charge in [0.1, 0.15) is 5.60 Å². The number of aliphatic hydroxyl groups is 1. The second-order valence-electron chi connectivity index (χ2n) is 5.03. The predicted octanol–water partition coefficient (Wildman–Crippen LogP) is 0.422. The molecule has 0 bridgehead atoms. The third-order valence-corrected chi connectivity index (χ3v) is 3.40. The average Bonchev–Trinajstić information content (AvgIpc) is 2.94. The van der Waals surface area contributed by atoms with E-state index in [2.05, 4.69) is 5.32 Å². The van der Waals surface area contributed by atoms with Crippen molar-refractivity contribution in [2.45, 2.75) is 49.3 Å². The third kappa shape index (κ3) is 1.60. The Morgan fingerprint density at radius 2 is 2.15 bits per heavy atom. The monoisotopic (exact) mass is 183 g/mol. The van der Waals surface area contributed by atoms with Crippen LogP contribution in [-0.2, 0) is 4.74 Å². The van der Waals surface area contributed by atoms with E-state index in [1.54, 1.807) is 0 Å². The van der Waals surface area contributed by atoms with E-state index in [9.17, 15) is 5.11 Å². The Hall–Kier alpha value is -0.120. The minimum atomic E-state index is -0.570. The first-order valence-electron chi connectivity index (χ1n) is 5.30. The zero-order valence-electron chi connectivity index (χ0n) is 7.88. The van der Waals surface area contributed by atoms with Gasteiger partial charge in [-0.05, 0) is 25.7 Å². The highest BCUT2D eigenvalue weighted by atomic mass is 16.5. The van der Waals surface area contributed by atoms with Crippen LogP contribution in [0.2, 0.25) is 0 Å². The molecule has 74 valence electrons. The van der Waals surface area contributed by atoms with E-state index in [0.29, 0.717) is 12.6 Å². The van der Waals surface area contributed by atoms with Crippen molar-refractivity contribution in [2.75, 3.05) is 13.2 Å². The lowest BCUT2D eigenvalue weighted by molar-refractivity contribution is 0.0190. The molecular weight excluding hydrogens is 166 g/mol. The van der Waals surface area contributed by atoms with Gasteiger partial charge in [-0.1, -0.05) is 0 Å². The molecule has 0 aromatic carbocycles. The Bertz CT molecular complexity index is 223. The number of rotatable bonds is 3. The van der Waals surface area contributed by atoms with Crippen molar-refractivity contribution in [3.63, 3.8) is 0 Å². The van der Waals surface area contributed by atoms with E-state index in [-0.39, 0.29) is 5.60 Å². The number of ether oxygens (including phenoxy) is 1. The molecule has 1 atom stereocenters. The maximum absolute atomic E-state index is 10.2. The summed E-state index contributed by atoms with van der Waals surface area (Å²) >= 11 is 0. The molecule has 1 aliphatic heterocycles. The van der Waals surface area contributed by atoms with E-state index in [1.165, 1.54) is 12.8 Å². The molecule has 2 N–H and O–H groups in total. The summed E-state index contributed by atoms with van der Waals surface area (Å²) in [6.45, 7) is 1.26. The van der Waals surface area contributed by atoms with Gasteiger partial charge in [-0.2, -0.15) is 0 Å². The molecule has 3 aliphatic rings. The van der Waals surface area contributed by atoms with Gasteiger partial charge in [0.05, 0.1) is 12.2 Å². The van der Waals surface area contributed by atoms with Crippen LogP contribution in [0.4, 0.5) is 0 Å². The molecule has 0 unspecified atom stereocenters. The lowest BCUT2D eigenvalue weighted by Crippen LogP contribution is -2.42. The normalized spacial score (nSPS) is 41.3. The van der Waals surface area contributed by atoms with Gasteiger partial charge in [0.25, 0.3) is 0 Å². The maximum Gasteiger partial charge on any atom is 0.103 e. The number of nitrogens with one attached hydrogen (secondary N) is 1. The SMILES string of the molecule is O[C@]1(CNC2CC2)COC2(CC2)C1. The highest BCUT2D eigenvalue weighted by Gasteiger charge is 2.55. The second kappa shape index (κ2) is 2.47. The summed E-state index contributed by atoms with van der Waals surface area (Å²) in [7, 11) is 0. The van der Waals surface area contributed by atoms with Crippen molar-refractivity contribution in [1.82, 2.24) is 5.32 Å². The first-order chi connectivity index (χ1) is 6.20. The number of hydrogen-bond acceptors (Lipinski definition) is 3. The molecule has 1 spiro atoms. The Labute approximate surface area is 78.5 Å². The zero-order valence-corrected chi connectivity index (χ0v) is 7.88. The van der Waals surface area contributed by atoms with Crippen LogP contribution >= 0.6 is 0 Å². The lowest BCUT2D eigenvalue weighted by atomic mass is 9.99. The molecule has 3 nitrogen and oxygen atoms in total. The van der Waals surface area contributed by atoms with Gasteiger partial charge >= 0.3 is 0 Å². The smallest absolute Gasteiger partial charge is 0.103 e. The molecular formula is C10H17NO2. The molecule has 1 saturated heterocycles. The third-order valence-electron chi connectivity index (χ3n) is 3.40. The van der Waals surface area contributed by atoms with Crippen molar-refractivity contribution in [3.05, 3.63) is 0 Å². The largest absolute Gasteiger partial charge is 0.386 e. The fourth-order valence-corrected chi connectivity index (χ4v) is 2.19. The molecule has 0 aromatic rings. The molecule has 3 heteroatoms. The van der Waals surface area contributed by atoms with Crippen molar-refractivity contribution >= 4 is 0 Å². The van der Waals surface area contributed by atoms with Gasteiger partial charge in [0, 0.05) is 19.0 Å². The quantitative estimate of drug-likeness (QED) is 0.666. The van der Waals surface area contributed by atoms with Gasteiger partial charge in [0.15, 0.2) is 0 Å². The molecule has 2 saturated carbocycles. The fourth-order valence-electron chi connectivity index (χ4n) is 2.19. The van der Waals surface area contributed by atoms with Crippen molar-refractivity contribution in [1.29, 1.82) is 0 Å². The van der Waals surface area contributed by atoms with Gasteiger partial charge in [-0.3, -0.25) is 0 Å². The second-order valence-corrected chi connectivity index (χ2v) is 5.03. The summed E-state index contributed by atoms with van der Waals surface area (Å²) < 4.78 is 5.63. The summed E-state index contributed by atoms with van der Waals surface area (Å²) in [5.74, 6) is 0. The van der Waals surface area contributed by atoms with Gasteiger partial charge in [0.2, 0.25) is 0 Å². The standard InChI is InChI=1S/C10H17NO2/c12-9(6-11-8-1-2-8)5-10(3-4-10)13-7-9/h8,11-12H,1-7H2/t9-/m1/s1. The van der Waals surface area contributed by atoms with Crippen LogP contribution in [0.5, 0.6) is 0 Å². The summed E-state index contributed by atoms with van der Waals surface area (Å²) in [5.41, 5.74) is -0.473. The fraction of sp³-hybridized carbons (Fsp3) is 1.00. The Kier molecular flexibility index (Phi) is 1.56. The highest BCUT2D eigenvalue weighted by molar-refractivity contribution is 5.07. The Balaban J connectivity index is 1.55. The lowest BCUT2D eigenvalue weighted by Gasteiger charge is -2.20. The number of hydrogen-bond donors (Lipinski definition) is 2. The van der Waals surface area contributed by atoms with Crippen molar-refractivity contribution < 1.29 is 9.84 Å². The first kappa shape index (κ1) is 8.21. The zero-order chi connectivity index (χ0) is 8.94. The minimum absolute atomic E-state index is 0.0972. The maximum atomic E-state index is 10.2. The average molecular weight is 183 g/mol. The topological polar surface area (TPSA) is 41.5 Å². The summed E-state index contributed by atoms with van der Waals surface area (Å²) in [4.78, 5) is 0. The van der Waals surface area contributed by atoms with E-state index in [4.69, 9.17) is 4.74 Å². The molecule has 1 heterocycles. The molecule has 0 aromatic heterocycles. The Morgan fingerprint density at radius 1 is 1.38 bits per heavy atom. The van der Waals surface area contributed by atoms with Crippen LogP contribution in [0.1, 0.15) is 32.1 Å². The molecule has 3 fully saturated rings. The van der Waals surface area contributed by atoms with Crippen LogP contribution in [0.25, 0.3) is 0 Å². The summed E-state index contributed by atoms with van der Waals surface area (Å²) in [6, 6.07) is 0.680. The van der Waals surface area contributed by atoms with Crippen molar-refractivity contribution in [2.24, 2.45) is 0 Å². The van der Waals surface area contributed by atoms with Gasteiger partial charge < -0.3 is 15.2 Å². The van der Waals surface area contributed by atoms with E-state index < -0.39 is 5.60 Å². The van der Waals surface area contributed by atoms with Crippen LogP contribution in [0.3, 0.4) is 0 Å². The molecule has 2 aliphatic carbocycles. The van der Waals surface area contributed by atoms with E-state index in [0.717, 1.165) is 25.8 Å². The Morgan fingerprint density at radius 3 is 2.69 bits per heavy atom. The summed E-state index contributed by atoms with van der Waals surface area (Å²) in [5, 5.41) is 13.5.